The van der Waals surface area contributed by atoms with Crippen molar-refractivity contribution in [2.24, 2.45) is 5.92 Å². The Balaban J connectivity index is 1.60. The first kappa shape index (κ1) is 27.6. The van der Waals surface area contributed by atoms with Crippen molar-refractivity contribution in [1.29, 1.82) is 0 Å². The van der Waals surface area contributed by atoms with Crippen LogP contribution in [0.4, 0.5) is 0 Å². The minimum Gasteiger partial charge on any atom is -0.493 e. The molecule has 1 aromatic rings. The van der Waals surface area contributed by atoms with Crippen LogP contribution in [0.15, 0.2) is 23.8 Å². The molecular formula is C30H40N2O7. The number of benzene rings is 1. The molecule has 0 saturated heterocycles. The van der Waals surface area contributed by atoms with Gasteiger partial charge >= 0.3 is 0 Å². The number of nitrogens with one attached hydrogen (secondary N) is 1. The Hall–Kier alpha value is -2.91. The van der Waals surface area contributed by atoms with Crippen LogP contribution in [0.3, 0.4) is 0 Å². The number of aliphatic hydroxyl groups is 2. The molecule has 9 heteroatoms. The van der Waals surface area contributed by atoms with Crippen LogP contribution in [-0.4, -0.2) is 77.8 Å². The smallest absolute Gasteiger partial charge is 0.247 e. The van der Waals surface area contributed by atoms with E-state index in [1.165, 1.54) is 7.11 Å². The monoisotopic (exact) mass is 540 g/mol. The van der Waals surface area contributed by atoms with Crippen molar-refractivity contribution in [2.75, 3.05) is 20.3 Å². The Bertz CT molecular complexity index is 1100. The highest BCUT2D eigenvalue weighted by Gasteiger charge is 2.52. The number of carbonyl (C=O) groups excluding carboxylic acids is 3. The van der Waals surface area contributed by atoms with Crippen molar-refractivity contribution in [3.63, 3.8) is 0 Å². The Morgan fingerprint density at radius 3 is 2.44 bits per heavy atom. The summed E-state index contributed by atoms with van der Waals surface area (Å²) in [4.78, 5) is 41.2. The molecule has 212 valence electrons. The first-order chi connectivity index (χ1) is 19.0. The standard InChI is InChI=1S/C30H40N2O7/c1-38-24-15-18(17-34)14-21-25-22(29(36)31-12-13-33)16-23(26(35)28(25)39-27(21)24)32(20-10-4-2-3-5-11-20)30(37)19-8-6-7-9-19/h14-17,19-20,23,25-26,28,33,35H,2-13H2,1H3,(H,31,36)/t23-,25+,26+,28+/m1/s1. The Labute approximate surface area is 229 Å². The van der Waals surface area contributed by atoms with Gasteiger partial charge in [-0.3, -0.25) is 14.4 Å². The lowest BCUT2D eigenvalue weighted by molar-refractivity contribution is -0.145. The van der Waals surface area contributed by atoms with Gasteiger partial charge in [0.15, 0.2) is 11.5 Å². The molecule has 0 bridgehead atoms. The van der Waals surface area contributed by atoms with Crippen LogP contribution < -0.4 is 14.8 Å². The summed E-state index contributed by atoms with van der Waals surface area (Å²) in [7, 11) is 1.48. The maximum Gasteiger partial charge on any atom is 0.247 e. The number of nitrogens with zero attached hydrogens (tertiary/aromatic N) is 1. The predicted molar refractivity (Wildman–Crippen MR) is 144 cm³/mol. The molecule has 0 aromatic heterocycles. The fourth-order valence-electron chi connectivity index (χ4n) is 7.02. The molecule has 4 atom stereocenters. The molecule has 2 fully saturated rings. The zero-order chi connectivity index (χ0) is 27.5. The molecule has 1 aromatic carbocycles. The second kappa shape index (κ2) is 12.1. The molecule has 39 heavy (non-hydrogen) atoms. The van der Waals surface area contributed by atoms with E-state index in [4.69, 9.17) is 9.47 Å². The predicted octanol–water partition coefficient (Wildman–Crippen LogP) is 2.87. The Kier molecular flexibility index (Phi) is 8.57. The normalized spacial score (nSPS) is 27.0. The molecule has 1 aliphatic heterocycles. The molecule has 0 spiro atoms. The molecule has 1 heterocycles. The van der Waals surface area contributed by atoms with Gasteiger partial charge in [0, 0.05) is 35.2 Å². The van der Waals surface area contributed by atoms with Gasteiger partial charge in [-0.05, 0) is 43.9 Å². The molecule has 3 N–H and O–H groups in total. The lowest BCUT2D eigenvalue weighted by atomic mass is 9.76. The highest BCUT2D eigenvalue weighted by molar-refractivity contribution is 5.96. The van der Waals surface area contributed by atoms with Crippen LogP contribution in [0.5, 0.6) is 11.5 Å². The number of amides is 2. The topological polar surface area (TPSA) is 125 Å². The maximum atomic E-state index is 14.1. The largest absolute Gasteiger partial charge is 0.493 e. The summed E-state index contributed by atoms with van der Waals surface area (Å²) in [5.74, 6) is -0.319. The van der Waals surface area contributed by atoms with Gasteiger partial charge in [-0.25, -0.2) is 0 Å². The Morgan fingerprint density at radius 1 is 1.10 bits per heavy atom. The third kappa shape index (κ3) is 5.31. The van der Waals surface area contributed by atoms with Crippen LogP contribution in [0.1, 0.15) is 86.0 Å². The number of carbonyl (C=O) groups is 3. The highest BCUT2D eigenvalue weighted by atomic mass is 16.5. The van der Waals surface area contributed by atoms with E-state index in [0.717, 1.165) is 64.2 Å². The van der Waals surface area contributed by atoms with Crippen LogP contribution in [0.2, 0.25) is 0 Å². The van der Waals surface area contributed by atoms with Gasteiger partial charge in [0.2, 0.25) is 11.8 Å². The van der Waals surface area contributed by atoms with E-state index in [9.17, 15) is 24.6 Å². The average molecular weight is 541 g/mol. The van der Waals surface area contributed by atoms with E-state index < -0.39 is 30.1 Å². The van der Waals surface area contributed by atoms with Crippen LogP contribution >= 0.6 is 0 Å². The van der Waals surface area contributed by atoms with Crippen molar-refractivity contribution in [1.82, 2.24) is 10.2 Å². The number of hydrogen-bond acceptors (Lipinski definition) is 7. The van der Waals surface area contributed by atoms with Crippen molar-refractivity contribution >= 4 is 18.1 Å². The zero-order valence-electron chi connectivity index (χ0n) is 22.6. The lowest BCUT2D eigenvalue weighted by Crippen LogP contribution is -2.59. The van der Waals surface area contributed by atoms with Gasteiger partial charge in [-0.1, -0.05) is 38.5 Å². The number of aliphatic hydroxyl groups excluding tert-OH is 2. The molecule has 0 radical (unpaired) electrons. The zero-order valence-corrected chi connectivity index (χ0v) is 22.6. The van der Waals surface area contributed by atoms with Crippen LogP contribution in [0, 0.1) is 5.92 Å². The summed E-state index contributed by atoms with van der Waals surface area (Å²) < 4.78 is 11.8. The second-order valence-corrected chi connectivity index (χ2v) is 11.3. The number of methoxy groups -OCH3 is 1. The quantitative estimate of drug-likeness (QED) is 0.342. The van der Waals surface area contributed by atoms with E-state index in [-0.39, 0.29) is 31.0 Å². The van der Waals surface area contributed by atoms with Crippen LogP contribution in [-0.2, 0) is 9.59 Å². The Morgan fingerprint density at radius 2 is 1.79 bits per heavy atom. The van der Waals surface area contributed by atoms with E-state index in [2.05, 4.69) is 5.32 Å². The summed E-state index contributed by atoms with van der Waals surface area (Å²) in [5, 5.41) is 24.0. The van der Waals surface area contributed by atoms with E-state index >= 15 is 0 Å². The third-order valence-electron chi connectivity index (χ3n) is 8.91. The van der Waals surface area contributed by atoms with Crippen molar-refractivity contribution in [3.8, 4) is 11.5 Å². The summed E-state index contributed by atoms with van der Waals surface area (Å²) in [6.45, 7) is -0.150. The molecule has 4 aliphatic rings. The van der Waals surface area contributed by atoms with Crippen LogP contribution in [0.25, 0.3) is 0 Å². The van der Waals surface area contributed by atoms with Gasteiger partial charge in [0.25, 0.3) is 0 Å². The van der Waals surface area contributed by atoms with E-state index in [1.807, 2.05) is 4.90 Å². The number of fused-ring (bicyclic) bond motifs is 3. The third-order valence-corrected chi connectivity index (χ3v) is 8.91. The fraction of sp³-hybridized carbons (Fsp3) is 0.633. The molecule has 5 rings (SSSR count). The average Bonchev–Trinajstić information content (AvgIpc) is 3.55. The maximum absolute atomic E-state index is 14.1. The van der Waals surface area contributed by atoms with Gasteiger partial charge in [0.1, 0.15) is 18.5 Å². The second-order valence-electron chi connectivity index (χ2n) is 11.3. The highest BCUT2D eigenvalue weighted by Crippen LogP contribution is 2.51. The van der Waals surface area contributed by atoms with Gasteiger partial charge in [0.05, 0.1) is 25.7 Å². The first-order valence-corrected chi connectivity index (χ1v) is 14.4. The summed E-state index contributed by atoms with van der Waals surface area (Å²) in [5.41, 5.74) is 1.33. The summed E-state index contributed by atoms with van der Waals surface area (Å²) in [6, 6.07) is 2.49. The molecule has 0 unspecified atom stereocenters. The summed E-state index contributed by atoms with van der Waals surface area (Å²) in [6.07, 6.45) is 10.3. The summed E-state index contributed by atoms with van der Waals surface area (Å²) >= 11 is 0. The minimum atomic E-state index is -1.09. The van der Waals surface area contributed by atoms with Crippen molar-refractivity contribution < 1.29 is 34.1 Å². The van der Waals surface area contributed by atoms with Gasteiger partial charge in [-0.2, -0.15) is 0 Å². The number of hydrogen-bond donors (Lipinski definition) is 3. The molecule has 2 saturated carbocycles. The minimum absolute atomic E-state index is 0.0187. The van der Waals surface area contributed by atoms with Gasteiger partial charge < -0.3 is 29.9 Å². The molecular weight excluding hydrogens is 500 g/mol. The molecule has 9 nitrogen and oxygen atoms in total. The van der Waals surface area contributed by atoms with Crippen molar-refractivity contribution in [2.45, 2.75) is 94.4 Å². The molecule has 2 amide bonds. The van der Waals surface area contributed by atoms with E-state index in [1.54, 1.807) is 18.2 Å². The number of ether oxygens (including phenoxy) is 2. The number of rotatable bonds is 8. The van der Waals surface area contributed by atoms with E-state index in [0.29, 0.717) is 34.5 Å². The van der Waals surface area contributed by atoms with Gasteiger partial charge in [-0.15, -0.1) is 0 Å². The number of aldehydes is 1. The SMILES string of the molecule is COc1cc(C=O)cc2c1O[C@@H]1[C@@H](O)[C@H](N(C(=O)C3CCCC3)C3CCCCCC3)C=C(C(=O)NCCO)[C@H]21. The van der Waals surface area contributed by atoms with Crippen molar-refractivity contribution in [3.05, 3.63) is 34.9 Å². The molecule has 3 aliphatic carbocycles. The lowest BCUT2D eigenvalue weighted by Gasteiger charge is -2.45. The first-order valence-electron chi connectivity index (χ1n) is 14.4. The fourth-order valence-corrected chi connectivity index (χ4v) is 7.02.